The van der Waals surface area contributed by atoms with Gasteiger partial charge in [0.1, 0.15) is 0 Å². The minimum Gasteiger partial charge on any atom is -0.355 e. The van der Waals surface area contributed by atoms with Crippen molar-refractivity contribution in [3.63, 3.8) is 0 Å². The van der Waals surface area contributed by atoms with Gasteiger partial charge in [-0.25, -0.2) is 0 Å². The van der Waals surface area contributed by atoms with E-state index in [1.54, 1.807) is 0 Å². The van der Waals surface area contributed by atoms with E-state index < -0.39 is 0 Å². The molecular formula is C60H48BN2S3. The lowest BCUT2D eigenvalue weighted by molar-refractivity contribution is 0.332. The van der Waals surface area contributed by atoms with Crippen LogP contribution in [0.15, 0.2) is 133 Å². The minimum atomic E-state index is 0.0754. The molecule has 1 radical (unpaired) electrons. The van der Waals surface area contributed by atoms with Crippen LogP contribution in [-0.4, -0.2) is 11.8 Å². The molecule has 0 unspecified atom stereocenters. The largest absolute Gasteiger partial charge is 0.355 e. The standard InChI is InChI=1S/C60H48BN2S3/c1-58(2,3)32-16-18-33(19-17-32)62-47-26-42-41-25-44-45(60(6,7)23-22-59(44,4)5)29-53(41)66-52(42)28-38(47)36-20-21-37-39-24-40-34-12-8-10-14-50(34)65-55(40)31-48(39)63-49-27-43-35-13-9-11-15-51(35)64-54(43)30-46(49)61-56(36)57(37)63/h8-21,24-31,62H,22-23H2,1-7H3. The Bertz CT molecular complexity index is 4090. The highest BCUT2D eigenvalue weighted by atomic mass is 32.1. The van der Waals surface area contributed by atoms with Crippen LogP contribution in [0.2, 0.25) is 0 Å². The fourth-order valence-corrected chi connectivity index (χ4v) is 15.0. The topological polar surface area (TPSA) is 17.0 Å². The van der Waals surface area contributed by atoms with Gasteiger partial charge in [-0.15, -0.1) is 34.0 Å². The summed E-state index contributed by atoms with van der Waals surface area (Å²) in [5.74, 6) is 0. The number of anilines is 2. The van der Waals surface area contributed by atoms with E-state index in [1.807, 2.05) is 34.0 Å². The van der Waals surface area contributed by atoms with Crippen molar-refractivity contribution in [2.75, 3.05) is 5.32 Å². The Morgan fingerprint density at radius 1 is 0.515 bits per heavy atom. The van der Waals surface area contributed by atoms with Crippen LogP contribution in [0.4, 0.5) is 11.4 Å². The van der Waals surface area contributed by atoms with Gasteiger partial charge in [-0.2, -0.15) is 0 Å². The third-order valence-electron chi connectivity index (χ3n) is 15.4. The van der Waals surface area contributed by atoms with E-state index in [1.165, 1.54) is 140 Å². The van der Waals surface area contributed by atoms with Crippen LogP contribution in [-0.2, 0) is 16.2 Å². The minimum absolute atomic E-state index is 0.0754. The van der Waals surface area contributed by atoms with E-state index >= 15 is 0 Å². The van der Waals surface area contributed by atoms with Gasteiger partial charge in [-0.05, 0) is 130 Å². The average Bonchev–Trinajstić information content (AvgIpc) is 4.05. The molecule has 0 bridgehead atoms. The normalized spacial score (nSPS) is 15.4. The molecule has 0 amide bonds. The van der Waals surface area contributed by atoms with Crippen LogP contribution < -0.4 is 16.2 Å². The molecule has 2 nitrogen and oxygen atoms in total. The lowest BCUT2D eigenvalue weighted by Crippen LogP contribution is -2.37. The fraction of sp³-hybridized carbons (Fsp3) is 0.200. The first-order valence-corrected chi connectivity index (χ1v) is 25.9. The third kappa shape index (κ3) is 5.59. The number of nitrogens with zero attached hydrogens (tertiary/aromatic N) is 1. The van der Waals surface area contributed by atoms with Gasteiger partial charge in [0, 0.05) is 99.4 Å². The fourth-order valence-electron chi connectivity index (χ4n) is 11.6. The van der Waals surface area contributed by atoms with Crippen molar-refractivity contribution >= 4 is 146 Å². The highest BCUT2D eigenvalue weighted by Crippen LogP contribution is 2.51. The molecule has 14 rings (SSSR count). The summed E-state index contributed by atoms with van der Waals surface area (Å²) >= 11 is 5.76. The molecule has 8 aromatic carbocycles. The predicted molar refractivity (Wildman–Crippen MR) is 294 cm³/mol. The molecule has 1 aliphatic heterocycles. The smallest absolute Gasteiger partial charge is 0.197 e. The molecule has 1 aliphatic carbocycles. The van der Waals surface area contributed by atoms with Crippen LogP contribution in [0, 0.1) is 0 Å². The van der Waals surface area contributed by atoms with E-state index in [-0.39, 0.29) is 16.2 Å². The van der Waals surface area contributed by atoms with Crippen molar-refractivity contribution in [1.29, 1.82) is 0 Å². The second kappa shape index (κ2) is 13.4. The maximum Gasteiger partial charge on any atom is 0.197 e. The van der Waals surface area contributed by atoms with E-state index in [2.05, 4.69) is 199 Å². The zero-order valence-electron chi connectivity index (χ0n) is 38.4. The van der Waals surface area contributed by atoms with Crippen molar-refractivity contribution in [2.45, 2.75) is 77.6 Å². The molecule has 6 heteroatoms. The Balaban J connectivity index is 1.06. The van der Waals surface area contributed by atoms with E-state index in [0.29, 0.717) is 0 Å². The number of rotatable bonds is 3. The highest BCUT2D eigenvalue weighted by molar-refractivity contribution is 7.26. The summed E-state index contributed by atoms with van der Waals surface area (Å²) in [5.41, 5.74) is 15.8. The summed E-state index contributed by atoms with van der Waals surface area (Å²) in [6.07, 6.45) is 2.41. The number of hydrogen-bond acceptors (Lipinski definition) is 4. The van der Waals surface area contributed by atoms with Gasteiger partial charge in [-0.3, -0.25) is 0 Å². The van der Waals surface area contributed by atoms with Crippen LogP contribution in [0.5, 0.6) is 0 Å². The van der Waals surface area contributed by atoms with Crippen LogP contribution in [0.1, 0.15) is 78.0 Å². The summed E-state index contributed by atoms with van der Waals surface area (Å²) in [6, 6.07) is 51.7. The zero-order chi connectivity index (χ0) is 44.6. The Morgan fingerprint density at radius 2 is 1.11 bits per heavy atom. The summed E-state index contributed by atoms with van der Waals surface area (Å²) in [6.45, 7) is 16.6. The van der Waals surface area contributed by atoms with Gasteiger partial charge >= 0.3 is 0 Å². The second-order valence-corrected chi connectivity index (χ2v) is 24.7. The zero-order valence-corrected chi connectivity index (χ0v) is 40.8. The van der Waals surface area contributed by atoms with Crippen LogP contribution in [0.25, 0.3) is 99.1 Å². The van der Waals surface area contributed by atoms with Gasteiger partial charge in [0.05, 0.1) is 5.52 Å². The van der Waals surface area contributed by atoms with Crippen molar-refractivity contribution in [3.05, 3.63) is 150 Å². The number of thiophene rings is 3. The molecule has 0 fully saturated rings. The van der Waals surface area contributed by atoms with Crippen LogP contribution >= 0.6 is 34.0 Å². The van der Waals surface area contributed by atoms with Crippen molar-refractivity contribution < 1.29 is 0 Å². The average molecular weight is 904 g/mol. The van der Waals surface area contributed by atoms with Gasteiger partial charge in [-0.1, -0.05) is 115 Å². The molecule has 0 saturated carbocycles. The Hall–Kier alpha value is -5.92. The summed E-state index contributed by atoms with van der Waals surface area (Å²) < 4.78 is 10.6. The van der Waals surface area contributed by atoms with E-state index in [9.17, 15) is 0 Å². The van der Waals surface area contributed by atoms with Gasteiger partial charge < -0.3 is 9.88 Å². The first kappa shape index (κ1) is 39.3. The first-order chi connectivity index (χ1) is 31.8. The monoisotopic (exact) mass is 903 g/mol. The van der Waals surface area contributed by atoms with Gasteiger partial charge in [0.15, 0.2) is 7.28 Å². The van der Waals surface area contributed by atoms with Crippen molar-refractivity contribution in [3.8, 4) is 16.8 Å². The number of nitrogens with one attached hydrogen (secondary N) is 1. The SMILES string of the molecule is CC(C)(C)c1ccc(Nc2cc3c(cc2-c2ccc4c5cc6c(cc5n5c4c2[B]c2cc4sc7ccccc7c4cc2-5)sc2ccccc26)sc2cc4c(cc23)C(C)(C)CCC4(C)C)cc1. The van der Waals surface area contributed by atoms with Gasteiger partial charge in [0.2, 0.25) is 0 Å². The molecule has 0 spiro atoms. The maximum absolute atomic E-state index is 4.03. The molecule has 2 aliphatic rings. The van der Waals surface area contributed by atoms with E-state index in [0.717, 1.165) is 11.4 Å². The summed E-state index contributed by atoms with van der Waals surface area (Å²) in [7, 11) is 2.50. The molecule has 12 aromatic rings. The first-order valence-electron chi connectivity index (χ1n) is 23.4. The lowest BCUT2D eigenvalue weighted by atomic mass is 9.59. The molecule has 0 atom stereocenters. The second-order valence-electron chi connectivity index (χ2n) is 21.5. The van der Waals surface area contributed by atoms with Crippen LogP contribution in [0.3, 0.4) is 0 Å². The predicted octanol–water partition coefficient (Wildman–Crippen LogP) is 16.9. The molecule has 66 heavy (non-hydrogen) atoms. The summed E-state index contributed by atoms with van der Waals surface area (Å²) in [4.78, 5) is 0. The van der Waals surface area contributed by atoms with Crippen molar-refractivity contribution in [1.82, 2.24) is 4.57 Å². The summed E-state index contributed by atoms with van der Waals surface area (Å²) in [5, 5.41) is 14.6. The number of hydrogen-bond donors (Lipinski definition) is 1. The lowest BCUT2D eigenvalue weighted by Gasteiger charge is -2.41. The van der Waals surface area contributed by atoms with Crippen molar-refractivity contribution in [2.24, 2.45) is 0 Å². The number of benzene rings is 8. The molecule has 4 aromatic heterocycles. The molecule has 319 valence electrons. The van der Waals surface area contributed by atoms with E-state index in [4.69, 9.17) is 0 Å². The number of aromatic nitrogens is 1. The molecule has 1 N–H and O–H groups in total. The van der Waals surface area contributed by atoms with Gasteiger partial charge in [0.25, 0.3) is 0 Å². The third-order valence-corrected chi connectivity index (χ3v) is 18.8. The Labute approximate surface area is 397 Å². The maximum atomic E-state index is 4.03. The molecular weight excluding hydrogens is 856 g/mol. The molecule has 0 saturated heterocycles. The Morgan fingerprint density at radius 3 is 1.82 bits per heavy atom. The Kier molecular flexibility index (Phi) is 7.96. The highest BCUT2D eigenvalue weighted by Gasteiger charge is 2.38. The number of fused-ring (bicyclic) bond motifs is 15. The quantitative estimate of drug-likeness (QED) is 0.175. The molecule has 5 heterocycles.